The smallest absolute Gasteiger partial charge is 0.196 e. The number of aliphatic hydroxyl groups is 2. The summed E-state index contributed by atoms with van der Waals surface area (Å²) in [6, 6.07) is 3.12. The molecule has 4 heterocycles. The third-order valence-corrected chi connectivity index (χ3v) is 7.24. The number of halogens is 1. The highest BCUT2D eigenvalue weighted by Gasteiger charge is 2.56. The molecule has 11 nitrogen and oxygen atoms in total. The van der Waals surface area contributed by atoms with Gasteiger partial charge in [-0.1, -0.05) is 6.92 Å². The zero-order valence-corrected chi connectivity index (χ0v) is 25.4. The Morgan fingerprint density at radius 3 is 2.63 bits per heavy atom. The van der Waals surface area contributed by atoms with Crippen molar-refractivity contribution in [3.05, 3.63) is 33.7 Å². The molecule has 6 unspecified atom stereocenters. The van der Waals surface area contributed by atoms with Crippen molar-refractivity contribution in [1.29, 1.82) is 0 Å². The number of benzene rings is 1. The molecule has 2 saturated heterocycles. The number of phenols is 1. The summed E-state index contributed by atoms with van der Waals surface area (Å²) < 4.78 is 34.2. The third kappa shape index (κ3) is 7.91. The first kappa shape index (κ1) is 33.5. The molecule has 6 atom stereocenters. The SMILES string of the molecule is CN(C)CCCOC1C(C(O)CO)OC2OC(C)(C)OC21.Cc1cc(=O)c2c(O)c3c(cc2o1)OCC(C)CC3.Cl. The fraction of sp³-hybridized carbons (Fsp3) is 0.690. The molecule has 12 heteroatoms. The molecule has 0 saturated carbocycles. The van der Waals surface area contributed by atoms with Crippen LogP contribution < -0.4 is 10.2 Å². The van der Waals surface area contributed by atoms with Crippen molar-refractivity contribution in [2.45, 2.75) is 83.5 Å². The lowest BCUT2D eigenvalue weighted by atomic mass is 10.00. The highest BCUT2D eigenvalue weighted by Crippen LogP contribution is 2.40. The van der Waals surface area contributed by atoms with E-state index in [-0.39, 0.29) is 41.7 Å². The van der Waals surface area contributed by atoms with Crippen molar-refractivity contribution in [2.75, 3.05) is 40.5 Å². The number of hydrogen-bond acceptors (Lipinski definition) is 11. The molecule has 0 amide bonds. The van der Waals surface area contributed by atoms with Crippen LogP contribution in [0.4, 0.5) is 0 Å². The van der Waals surface area contributed by atoms with E-state index in [9.17, 15) is 15.0 Å². The summed E-state index contributed by atoms with van der Waals surface area (Å²) in [6.07, 6.45) is -0.524. The van der Waals surface area contributed by atoms with E-state index in [0.29, 0.717) is 48.2 Å². The van der Waals surface area contributed by atoms with Crippen molar-refractivity contribution in [2.24, 2.45) is 5.92 Å². The Balaban J connectivity index is 0.000000221. The van der Waals surface area contributed by atoms with Crippen LogP contribution in [0.5, 0.6) is 11.5 Å². The predicted molar refractivity (Wildman–Crippen MR) is 154 cm³/mol. The van der Waals surface area contributed by atoms with Gasteiger partial charge in [0.05, 0.1) is 13.2 Å². The number of aromatic hydroxyl groups is 1. The maximum atomic E-state index is 12.0. The van der Waals surface area contributed by atoms with Crippen LogP contribution in [0.1, 0.15) is 44.9 Å². The average molecular weight is 602 g/mol. The minimum Gasteiger partial charge on any atom is -0.507 e. The number of nitrogens with zero attached hydrogens (tertiary/aromatic N) is 1. The topological polar surface area (TPSA) is 140 Å². The molecule has 0 radical (unpaired) electrons. The second-order valence-corrected chi connectivity index (χ2v) is 11.6. The predicted octanol–water partition coefficient (Wildman–Crippen LogP) is 2.74. The number of rotatable bonds is 7. The zero-order valence-electron chi connectivity index (χ0n) is 24.6. The molecule has 1 aromatic carbocycles. The monoisotopic (exact) mass is 601 g/mol. The average Bonchev–Trinajstić information content (AvgIpc) is 3.27. The fourth-order valence-electron chi connectivity index (χ4n) is 5.23. The standard InChI is InChI=1S/C15H16O4.C14H27NO6.ClH/c1-8-3-4-10-12(18-7-8)6-13-14(15(10)17)11(16)5-9(2)19-13;1-14(2)20-12-11(18-7-5-6-15(3)4)10(9(17)8-16)19-13(12)21-14;/h5-6,8,17H,3-4,7H2,1-2H3;9-13,16-17H,5-8H2,1-4H3;1H. The highest BCUT2D eigenvalue weighted by molar-refractivity contribution is 5.87. The first-order valence-corrected chi connectivity index (χ1v) is 13.9. The first-order valence-electron chi connectivity index (χ1n) is 13.9. The molecule has 2 fully saturated rings. The molecule has 0 aliphatic carbocycles. The number of aryl methyl sites for hydroxylation is 1. The molecule has 0 bridgehead atoms. The summed E-state index contributed by atoms with van der Waals surface area (Å²) in [5, 5.41) is 29.6. The van der Waals surface area contributed by atoms with Gasteiger partial charge < -0.3 is 48.3 Å². The van der Waals surface area contributed by atoms with E-state index < -0.39 is 30.4 Å². The van der Waals surface area contributed by atoms with Gasteiger partial charge in [0.15, 0.2) is 17.5 Å². The van der Waals surface area contributed by atoms with Gasteiger partial charge in [-0.05, 0) is 66.6 Å². The molecule has 2 aromatic rings. The number of ether oxygens (including phenoxy) is 5. The molecule has 1 aromatic heterocycles. The van der Waals surface area contributed by atoms with Crippen molar-refractivity contribution in [3.8, 4) is 11.5 Å². The normalized spacial score (nSPS) is 27.2. The lowest BCUT2D eigenvalue weighted by Gasteiger charge is -2.28. The van der Waals surface area contributed by atoms with E-state index in [1.807, 2.05) is 27.9 Å². The van der Waals surface area contributed by atoms with Gasteiger partial charge >= 0.3 is 0 Å². The lowest BCUT2D eigenvalue weighted by Crippen LogP contribution is -2.44. The van der Waals surface area contributed by atoms with Crippen LogP contribution in [0.2, 0.25) is 0 Å². The molecule has 232 valence electrons. The Bertz CT molecular complexity index is 1220. The Labute approximate surface area is 246 Å². The van der Waals surface area contributed by atoms with Gasteiger partial charge in [0, 0.05) is 24.3 Å². The third-order valence-electron chi connectivity index (χ3n) is 7.24. The summed E-state index contributed by atoms with van der Waals surface area (Å²) in [5.74, 6) is 0.869. The molecular formula is C29H44ClNO10. The van der Waals surface area contributed by atoms with Crippen LogP contribution >= 0.6 is 12.4 Å². The number of fused-ring (bicyclic) bond motifs is 3. The van der Waals surface area contributed by atoms with Crippen molar-refractivity contribution in [1.82, 2.24) is 4.90 Å². The Kier molecular flexibility index (Phi) is 11.5. The lowest BCUT2D eigenvalue weighted by molar-refractivity contribution is -0.231. The van der Waals surface area contributed by atoms with E-state index in [1.54, 1.807) is 13.0 Å². The highest BCUT2D eigenvalue weighted by atomic mass is 35.5. The summed E-state index contributed by atoms with van der Waals surface area (Å²) in [5.41, 5.74) is 0.889. The minimum absolute atomic E-state index is 0. The van der Waals surface area contributed by atoms with E-state index in [4.69, 9.17) is 33.2 Å². The van der Waals surface area contributed by atoms with Gasteiger partial charge in [-0.15, -0.1) is 12.4 Å². The van der Waals surface area contributed by atoms with Crippen molar-refractivity contribution < 1.29 is 43.4 Å². The Hall–Kier alpha value is -1.96. The quantitative estimate of drug-likeness (QED) is 0.404. The summed E-state index contributed by atoms with van der Waals surface area (Å²) in [4.78, 5) is 14.1. The zero-order chi connectivity index (χ0) is 29.2. The largest absolute Gasteiger partial charge is 0.507 e. The maximum absolute atomic E-state index is 12.0. The van der Waals surface area contributed by atoms with Crippen LogP contribution in [0, 0.1) is 12.8 Å². The number of phenolic OH excluding ortho intramolecular Hbond substituents is 1. The van der Waals surface area contributed by atoms with E-state index in [1.165, 1.54) is 6.07 Å². The second kappa shape index (κ2) is 14.0. The molecular weight excluding hydrogens is 558 g/mol. The van der Waals surface area contributed by atoms with Gasteiger partial charge in [0.2, 0.25) is 0 Å². The maximum Gasteiger partial charge on any atom is 0.196 e. The second-order valence-electron chi connectivity index (χ2n) is 11.6. The summed E-state index contributed by atoms with van der Waals surface area (Å²) in [6.45, 7) is 9.14. The molecule has 0 spiro atoms. The summed E-state index contributed by atoms with van der Waals surface area (Å²) in [7, 11) is 4.01. The molecule has 41 heavy (non-hydrogen) atoms. The van der Waals surface area contributed by atoms with Crippen LogP contribution in [0.3, 0.4) is 0 Å². The van der Waals surface area contributed by atoms with Gasteiger partial charge in [0.1, 0.15) is 52.6 Å². The molecule has 3 aliphatic heterocycles. The Morgan fingerprint density at radius 1 is 1.22 bits per heavy atom. The van der Waals surface area contributed by atoms with Crippen LogP contribution in [-0.2, 0) is 25.4 Å². The van der Waals surface area contributed by atoms with Crippen molar-refractivity contribution in [3.63, 3.8) is 0 Å². The fourth-order valence-corrected chi connectivity index (χ4v) is 5.23. The van der Waals surface area contributed by atoms with Gasteiger partial charge in [-0.3, -0.25) is 4.79 Å². The molecule has 5 rings (SSSR count). The van der Waals surface area contributed by atoms with Crippen LogP contribution in [0.15, 0.2) is 21.3 Å². The Morgan fingerprint density at radius 2 is 1.95 bits per heavy atom. The first-order chi connectivity index (χ1) is 18.9. The van der Waals surface area contributed by atoms with Crippen LogP contribution in [-0.4, -0.2) is 97.2 Å². The molecule has 3 N–H and O–H groups in total. The van der Waals surface area contributed by atoms with E-state index in [0.717, 1.165) is 19.4 Å². The van der Waals surface area contributed by atoms with Gasteiger partial charge in [0.25, 0.3) is 0 Å². The van der Waals surface area contributed by atoms with E-state index >= 15 is 0 Å². The van der Waals surface area contributed by atoms with E-state index in [2.05, 4.69) is 11.8 Å². The minimum atomic E-state index is -1.01. The van der Waals surface area contributed by atoms with Gasteiger partial charge in [-0.25, -0.2) is 0 Å². The molecule has 3 aliphatic rings. The number of aliphatic hydroxyl groups excluding tert-OH is 2. The number of hydrogen-bond donors (Lipinski definition) is 3. The summed E-state index contributed by atoms with van der Waals surface area (Å²) >= 11 is 0. The van der Waals surface area contributed by atoms with Crippen LogP contribution in [0.25, 0.3) is 11.0 Å². The van der Waals surface area contributed by atoms with Crippen molar-refractivity contribution >= 4 is 23.4 Å². The van der Waals surface area contributed by atoms with Gasteiger partial charge in [-0.2, -0.15) is 0 Å².